The average Bonchev–Trinajstić information content (AvgIpc) is 2.23. The maximum atomic E-state index is 12.9. The zero-order valence-electron chi connectivity index (χ0n) is 9.96. The van der Waals surface area contributed by atoms with Gasteiger partial charge in [0.15, 0.2) is 0 Å². The number of nitrogens with two attached hydrogens (primary N) is 1. The highest BCUT2D eigenvalue weighted by atomic mass is 19.1. The molecule has 16 heavy (non-hydrogen) atoms. The second kappa shape index (κ2) is 5.41. The SMILES string of the molecule is CCCC(O)(CN)Cc1ccc(F)cc1C. The van der Waals surface area contributed by atoms with Crippen LogP contribution in [-0.2, 0) is 6.42 Å². The van der Waals surface area contributed by atoms with Crippen LogP contribution in [0.15, 0.2) is 18.2 Å². The molecule has 0 saturated heterocycles. The van der Waals surface area contributed by atoms with Crippen molar-refractivity contribution in [3.05, 3.63) is 35.1 Å². The Morgan fingerprint density at radius 3 is 2.62 bits per heavy atom. The molecule has 2 nitrogen and oxygen atoms in total. The van der Waals surface area contributed by atoms with Gasteiger partial charge in [0.1, 0.15) is 5.82 Å². The van der Waals surface area contributed by atoms with Crippen molar-refractivity contribution < 1.29 is 9.50 Å². The third-order valence-corrected chi connectivity index (χ3v) is 2.92. The van der Waals surface area contributed by atoms with Crippen LogP contribution in [-0.4, -0.2) is 17.3 Å². The fourth-order valence-corrected chi connectivity index (χ4v) is 1.94. The molecule has 1 unspecified atom stereocenters. The van der Waals surface area contributed by atoms with Gasteiger partial charge in [0, 0.05) is 13.0 Å². The summed E-state index contributed by atoms with van der Waals surface area (Å²) in [6.45, 7) is 4.09. The Morgan fingerprint density at radius 1 is 1.44 bits per heavy atom. The summed E-state index contributed by atoms with van der Waals surface area (Å²) < 4.78 is 12.9. The molecule has 0 heterocycles. The zero-order chi connectivity index (χ0) is 12.2. The van der Waals surface area contributed by atoms with Crippen LogP contribution in [0, 0.1) is 12.7 Å². The maximum absolute atomic E-state index is 12.9. The summed E-state index contributed by atoms with van der Waals surface area (Å²) in [5, 5.41) is 10.2. The largest absolute Gasteiger partial charge is 0.388 e. The molecule has 0 saturated carbocycles. The van der Waals surface area contributed by atoms with E-state index in [1.54, 1.807) is 6.07 Å². The highest BCUT2D eigenvalue weighted by Crippen LogP contribution is 2.21. The minimum atomic E-state index is -0.864. The zero-order valence-corrected chi connectivity index (χ0v) is 9.96. The molecule has 0 aromatic heterocycles. The van der Waals surface area contributed by atoms with Crippen LogP contribution in [0.5, 0.6) is 0 Å². The van der Waals surface area contributed by atoms with Crippen molar-refractivity contribution in [2.24, 2.45) is 5.73 Å². The lowest BCUT2D eigenvalue weighted by molar-refractivity contribution is 0.0397. The fourth-order valence-electron chi connectivity index (χ4n) is 1.94. The fraction of sp³-hybridized carbons (Fsp3) is 0.538. The molecule has 1 atom stereocenters. The van der Waals surface area contributed by atoms with Crippen LogP contribution < -0.4 is 5.73 Å². The molecule has 1 aromatic rings. The predicted octanol–water partition coefficient (Wildman–Crippen LogP) is 2.17. The highest BCUT2D eigenvalue weighted by Gasteiger charge is 2.25. The van der Waals surface area contributed by atoms with Crippen LogP contribution in [0.4, 0.5) is 4.39 Å². The summed E-state index contributed by atoms with van der Waals surface area (Å²) in [6.07, 6.45) is 2.04. The molecule has 0 fully saturated rings. The Balaban J connectivity index is 2.85. The van der Waals surface area contributed by atoms with E-state index >= 15 is 0 Å². The first-order valence-electron chi connectivity index (χ1n) is 5.68. The lowest BCUT2D eigenvalue weighted by atomic mass is 9.88. The van der Waals surface area contributed by atoms with Crippen LogP contribution in [0.2, 0.25) is 0 Å². The van der Waals surface area contributed by atoms with Gasteiger partial charge in [-0.1, -0.05) is 19.4 Å². The van der Waals surface area contributed by atoms with Crippen molar-refractivity contribution in [2.45, 2.75) is 38.7 Å². The van der Waals surface area contributed by atoms with Crippen molar-refractivity contribution in [2.75, 3.05) is 6.54 Å². The van der Waals surface area contributed by atoms with E-state index < -0.39 is 5.60 Å². The van der Waals surface area contributed by atoms with Gasteiger partial charge >= 0.3 is 0 Å². The standard InChI is InChI=1S/C13H20FNO/c1-3-6-13(16,9-15)8-11-4-5-12(14)7-10(11)2/h4-5,7,16H,3,6,8-9,15H2,1-2H3. The van der Waals surface area contributed by atoms with Crippen molar-refractivity contribution in [3.8, 4) is 0 Å². The van der Waals surface area contributed by atoms with E-state index in [2.05, 4.69) is 0 Å². The lowest BCUT2D eigenvalue weighted by Crippen LogP contribution is -2.40. The van der Waals surface area contributed by atoms with Gasteiger partial charge < -0.3 is 10.8 Å². The normalized spacial score (nSPS) is 14.8. The van der Waals surface area contributed by atoms with Crippen LogP contribution in [0.1, 0.15) is 30.9 Å². The molecular formula is C13H20FNO. The minimum Gasteiger partial charge on any atom is -0.388 e. The van der Waals surface area contributed by atoms with Gasteiger partial charge in [-0.05, 0) is 36.6 Å². The molecule has 3 heteroatoms. The average molecular weight is 225 g/mol. The van der Waals surface area contributed by atoms with Gasteiger partial charge in [-0.3, -0.25) is 0 Å². The van der Waals surface area contributed by atoms with Gasteiger partial charge in [0.25, 0.3) is 0 Å². The van der Waals surface area contributed by atoms with E-state index in [1.807, 2.05) is 13.8 Å². The van der Waals surface area contributed by atoms with Crippen LogP contribution >= 0.6 is 0 Å². The first-order chi connectivity index (χ1) is 7.50. The molecular weight excluding hydrogens is 205 g/mol. The Labute approximate surface area is 96.3 Å². The monoisotopic (exact) mass is 225 g/mol. The molecule has 1 rings (SSSR count). The minimum absolute atomic E-state index is 0.234. The first kappa shape index (κ1) is 13.1. The van der Waals surface area contributed by atoms with E-state index in [1.165, 1.54) is 12.1 Å². The van der Waals surface area contributed by atoms with Crippen molar-refractivity contribution in [3.63, 3.8) is 0 Å². The van der Waals surface area contributed by atoms with Crippen molar-refractivity contribution in [1.29, 1.82) is 0 Å². The Kier molecular flexibility index (Phi) is 4.44. The van der Waals surface area contributed by atoms with Gasteiger partial charge in [-0.2, -0.15) is 0 Å². The van der Waals surface area contributed by atoms with Crippen molar-refractivity contribution in [1.82, 2.24) is 0 Å². The van der Waals surface area contributed by atoms with Gasteiger partial charge in [-0.25, -0.2) is 4.39 Å². The maximum Gasteiger partial charge on any atom is 0.123 e. The summed E-state index contributed by atoms with van der Waals surface area (Å²) >= 11 is 0. The number of rotatable bonds is 5. The van der Waals surface area contributed by atoms with E-state index in [-0.39, 0.29) is 12.4 Å². The molecule has 90 valence electrons. The predicted molar refractivity (Wildman–Crippen MR) is 63.8 cm³/mol. The molecule has 1 aromatic carbocycles. The molecule has 0 aliphatic rings. The molecule has 0 bridgehead atoms. The Hall–Kier alpha value is -0.930. The summed E-state index contributed by atoms with van der Waals surface area (Å²) in [5.74, 6) is -0.243. The summed E-state index contributed by atoms with van der Waals surface area (Å²) in [5.41, 5.74) is 6.56. The lowest BCUT2D eigenvalue weighted by Gasteiger charge is -2.26. The smallest absolute Gasteiger partial charge is 0.123 e. The number of hydrogen-bond donors (Lipinski definition) is 2. The second-order valence-electron chi connectivity index (χ2n) is 4.43. The molecule has 0 amide bonds. The summed E-state index contributed by atoms with van der Waals surface area (Å²) in [4.78, 5) is 0. The first-order valence-corrected chi connectivity index (χ1v) is 5.68. The number of aliphatic hydroxyl groups is 1. The molecule has 0 spiro atoms. The Bertz CT molecular complexity index is 354. The number of benzene rings is 1. The summed E-state index contributed by atoms with van der Waals surface area (Å²) in [6, 6.07) is 4.63. The van der Waals surface area contributed by atoms with Crippen molar-refractivity contribution >= 4 is 0 Å². The third kappa shape index (κ3) is 3.29. The number of aryl methyl sites for hydroxylation is 1. The molecule has 0 aliphatic heterocycles. The van der Waals surface area contributed by atoms with E-state index in [0.29, 0.717) is 12.8 Å². The van der Waals surface area contributed by atoms with E-state index in [4.69, 9.17) is 5.73 Å². The quantitative estimate of drug-likeness (QED) is 0.806. The topological polar surface area (TPSA) is 46.2 Å². The van der Waals surface area contributed by atoms with Gasteiger partial charge in [-0.15, -0.1) is 0 Å². The van der Waals surface area contributed by atoms with Crippen LogP contribution in [0.3, 0.4) is 0 Å². The number of halogens is 1. The molecule has 3 N–H and O–H groups in total. The molecule has 0 aliphatic carbocycles. The molecule has 0 radical (unpaired) electrons. The van der Waals surface area contributed by atoms with Gasteiger partial charge in [0.2, 0.25) is 0 Å². The third-order valence-electron chi connectivity index (χ3n) is 2.92. The summed E-state index contributed by atoms with van der Waals surface area (Å²) in [7, 11) is 0. The van der Waals surface area contributed by atoms with Gasteiger partial charge in [0.05, 0.1) is 5.60 Å². The Morgan fingerprint density at radius 2 is 2.12 bits per heavy atom. The number of hydrogen-bond acceptors (Lipinski definition) is 2. The van der Waals surface area contributed by atoms with E-state index in [0.717, 1.165) is 17.5 Å². The second-order valence-corrected chi connectivity index (χ2v) is 4.43. The van der Waals surface area contributed by atoms with E-state index in [9.17, 15) is 9.50 Å². The highest BCUT2D eigenvalue weighted by molar-refractivity contribution is 5.28. The van der Waals surface area contributed by atoms with Crippen LogP contribution in [0.25, 0.3) is 0 Å².